The smallest absolute Gasteiger partial charge is 0.186 e. The molecule has 0 atom stereocenters. The van der Waals surface area contributed by atoms with Crippen LogP contribution in [-0.4, -0.2) is 50.2 Å². The van der Waals surface area contributed by atoms with E-state index in [0.29, 0.717) is 18.9 Å². The Morgan fingerprint density at radius 3 is 2.52 bits per heavy atom. The van der Waals surface area contributed by atoms with E-state index in [0.717, 1.165) is 28.3 Å². The predicted molar refractivity (Wildman–Crippen MR) is 115 cm³/mol. The van der Waals surface area contributed by atoms with Crippen LogP contribution in [0.5, 0.6) is 5.75 Å². The Morgan fingerprint density at radius 2 is 1.93 bits per heavy atom. The molecule has 158 valence electrons. The van der Waals surface area contributed by atoms with Gasteiger partial charge in [0, 0.05) is 31.0 Å². The Bertz CT molecular complexity index is 1030. The Kier molecular flexibility index (Phi) is 5.78. The first-order valence-electron chi connectivity index (χ1n) is 9.58. The summed E-state index contributed by atoms with van der Waals surface area (Å²) in [5, 5.41) is 7.46. The fourth-order valence-electron chi connectivity index (χ4n) is 3.14. The summed E-state index contributed by atoms with van der Waals surface area (Å²) in [5.41, 5.74) is 3.74. The number of H-pyrrole nitrogens is 1. The third-order valence-corrected chi connectivity index (χ3v) is 7.60. The quantitative estimate of drug-likeness (QED) is 0.717. The summed E-state index contributed by atoms with van der Waals surface area (Å²) in [6, 6.07) is 3.51. The topological polar surface area (TPSA) is 84.5 Å². The zero-order chi connectivity index (χ0) is 21.4. The van der Waals surface area contributed by atoms with Crippen LogP contribution < -0.4 is 9.64 Å². The number of rotatable bonds is 6. The second-order valence-corrected chi connectivity index (χ2v) is 10.8. The summed E-state index contributed by atoms with van der Waals surface area (Å²) in [7, 11) is -2.02. The van der Waals surface area contributed by atoms with Gasteiger partial charge < -0.3 is 14.4 Å². The second-order valence-electron chi connectivity index (χ2n) is 8.13. The molecule has 0 unspecified atom stereocenters. The first-order chi connectivity index (χ1) is 13.6. The van der Waals surface area contributed by atoms with Crippen molar-refractivity contribution in [1.29, 1.82) is 0 Å². The van der Waals surface area contributed by atoms with Crippen LogP contribution in [0.1, 0.15) is 37.6 Å². The van der Waals surface area contributed by atoms with Crippen molar-refractivity contribution in [1.82, 2.24) is 10.2 Å². The van der Waals surface area contributed by atoms with Gasteiger partial charge in [0.1, 0.15) is 17.3 Å². The van der Waals surface area contributed by atoms with Gasteiger partial charge >= 0.3 is 0 Å². The molecule has 1 aliphatic heterocycles. The molecule has 0 spiro atoms. The normalized spacial score (nSPS) is 14.2. The number of anilines is 2. The summed E-state index contributed by atoms with van der Waals surface area (Å²) in [6.07, 6.45) is 3.95. The maximum atomic E-state index is 13.2. The molecule has 7 nitrogen and oxygen atoms in total. The molecule has 1 N–H and O–H groups in total. The lowest BCUT2D eigenvalue weighted by Gasteiger charge is -2.29. The summed E-state index contributed by atoms with van der Waals surface area (Å²) >= 11 is 0. The number of hydrogen-bond acceptors (Lipinski definition) is 6. The third kappa shape index (κ3) is 3.91. The molecule has 0 aliphatic carbocycles. The maximum absolute atomic E-state index is 13.2. The predicted octanol–water partition coefficient (Wildman–Crippen LogP) is 3.79. The minimum absolute atomic E-state index is 0.196. The molecule has 0 bridgehead atoms. The first-order valence-corrected chi connectivity index (χ1v) is 11.1. The van der Waals surface area contributed by atoms with Gasteiger partial charge in [0.2, 0.25) is 0 Å². The molecule has 0 amide bonds. The molecule has 0 saturated heterocycles. The van der Waals surface area contributed by atoms with Crippen LogP contribution in [0.25, 0.3) is 6.08 Å². The summed E-state index contributed by atoms with van der Waals surface area (Å²) < 4.78 is 36.5. The molecule has 2 heterocycles. The number of ether oxygens (including phenoxy) is 2. The number of fused-ring (bicyclic) bond motifs is 1. The fourth-order valence-corrected chi connectivity index (χ4v) is 4.46. The molecule has 0 saturated carbocycles. The molecule has 1 aromatic carbocycles. The van der Waals surface area contributed by atoms with Crippen molar-refractivity contribution < 1.29 is 17.9 Å². The van der Waals surface area contributed by atoms with Crippen LogP contribution in [0.3, 0.4) is 0 Å². The molecule has 2 aromatic rings. The molecular weight excluding hydrogens is 390 g/mol. The van der Waals surface area contributed by atoms with E-state index < -0.39 is 14.6 Å². The highest BCUT2D eigenvalue weighted by Crippen LogP contribution is 2.41. The summed E-state index contributed by atoms with van der Waals surface area (Å²) in [5.74, 6) is 1.16. The van der Waals surface area contributed by atoms with Crippen molar-refractivity contribution in [2.45, 2.75) is 44.3 Å². The number of hydrogen-bond donors (Lipinski definition) is 1. The minimum atomic E-state index is -3.60. The van der Waals surface area contributed by atoms with Crippen LogP contribution in [0, 0.1) is 13.8 Å². The number of benzene rings is 1. The van der Waals surface area contributed by atoms with E-state index in [1.165, 1.54) is 0 Å². The molecule has 8 heteroatoms. The number of aromatic nitrogens is 2. The average Bonchev–Trinajstić information content (AvgIpc) is 2.98. The minimum Gasteiger partial charge on any atom is -0.490 e. The van der Waals surface area contributed by atoms with Crippen molar-refractivity contribution in [2.75, 3.05) is 31.8 Å². The van der Waals surface area contributed by atoms with Gasteiger partial charge in [-0.3, -0.25) is 5.10 Å². The largest absolute Gasteiger partial charge is 0.490 e. The zero-order valence-corrected chi connectivity index (χ0v) is 18.7. The van der Waals surface area contributed by atoms with Crippen LogP contribution in [-0.2, 0) is 14.6 Å². The van der Waals surface area contributed by atoms with E-state index in [1.54, 1.807) is 40.0 Å². The van der Waals surface area contributed by atoms with Crippen LogP contribution in [0.4, 0.5) is 11.5 Å². The van der Waals surface area contributed by atoms with Gasteiger partial charge in [0.15, 0.2) is 15.7 Å². The van der Waals surface area contributed by atoms with Crippen molar-refractivity contribution in [3.63, 3.8) is 0 Å². The molecule has 1 aromatic heterocycles. The second kappa shape index (κ2) is 7.84. The van der Waals surface area contributed by atoms with E-state index in [2.05, 4.69) is 15.1 Å². The van der Waals surface area contributed by atoms with Crippen LogP contribution >= 0.6 is 0 Å². The number of nitrogens with zero attached hydrogens (tertiary/aromatic N) is 2. The Balaban J connectivity index is 2.17. The lowest BCUT2D eigenvalue weighted by molar-refractivity contribution is 0.144. The zero-order valence-electron chi connectivity index (χ0n) is 17.9. The lowest BCUT2D eigenvalue weighted by atomic mass is 10.1. The molecule has 1 aliphatic rings. The molecule has 0 fully saturated rings. The Morgan fingerprint density at radius 1 is 1.21 bits per heavy atom. The lowest BCUT2D eigenvalue weighted by Crippen LogP contribution is -2.29. The van der Waals surface area contributed by atoms with Gasteiger partial charge in [-0.25, -0.2) is 8.42 Å². The number of aryl methyl sites for hydroxylation is 1. The highest BCUT2D eigenvalue weighted by atomic mass is 32.2. The SMILES string of the molecule is COCCOc1cc2c(cc1S(=O)(=O)C(C)(C)C)C=CCN2c1n[nH]c(C)c1C. The Hall–Kier alpha value is -2.32. The van der Waals surface area contributed by atoms with Gasteiger partial charge in [0.25, 0.3) is 0 Å². The Labute approximate surface area is 172 Å². The highest BCUT2D eigenvalue weighted by molar-refractivity contribution is 7.92. The first kappa shape index (κ1) is 21.4. The number of sulfone groups is 1. The monoisotopic (exact) mass is 419 g/mol. The third-order valence-electron chi connectivity index (χ3n) is 5.09. The number of methoxy groups -OCH3 is 1. The van der Waals surface area contributed by atoms with Gasteiger partial charge in [0.05, 0.1) is 17.0 Å². The van der Waals surface area contributed by atoms with E-state index in [1.807, 2.05) is 26.0 Å². The summed E-state index contributed by atoms with van der Waals surface area (Å²) in [6.45, 7) is 10.3. The number of nitrogens with one attached hydrogen (secondary N) is 1. The van der Waals surface area contributed by atoms with E-state index >= 15 is 0 Å². The van der Waals surface area contributed by atoms with Gasteiger partial charge in [-0.15, -0.1) is 0 Å². The molecular formula is C21H29N3O4S. The maximum Gasteiger partial charge on any atom is 0.186 e. The van der Waals surface area contributed by atoms with Gasteiger partial charge in [-0.05, 0) is 46.2 Å². The van der Waals surface area contributed by atoms with Gasteiger partial charge in [-0.2, -0.15) is 5.10 Å². The van der Waals surface area contributed by atoms with E-state index in [-0.39, 0.29) is 11.5 Å². The van der Waals surface area contributed by atoms with Crippen molar-refractivity contribution >= 4 is 27.4 Å². The fraction of sp³-hybridized carbons (Fsp3) is 0.476. The molecule has 0 radical (unpaired) electrons. The van der Waals surface area contributed by atoms with E-state index in [4.69, 9.17) is 9.47 Å². The van der Waals surface area contributed by atoms with Crippen molar-refractivity contribution in [3.8, 4) is 5.75 Å². The van der Waals surface area contributed by atoms with Crippen LogP contribution in [0.2, 0.25) is 0 Å². The molecule has 29 heavy (non-hydrogen) atoms. The van der Waals surface area contributed by atoms with Crippen molar-refractivity contribution in [3.05, 3.63) is 35.0 Å². The van der Waals surface area contributed by atoms with Crippen molar-refractivity contribution in [2.24, 2.45) is 0 Å². The van der Waals surface area contributed by atoms with Gasteiger partial charge in [-0.1, -0.05) is 12.2 Å². The number of aromatic amines is 1. The van der Waals surface area contributed by atoms with Crippen LogP contribution in [0.15, 0.2) is 23.1 Å². The standard InChI is InChI=1S/C21H29N3O4S/c1-14-15(2)22-23-20(14)24-9-7-8-16-12-19(29(25,26)21(3,4)5)18(13-17(16)24)28-11-10-27-6/h7-8,12-13H,9-11H2,1-6H3,(H,22,23). The highest BCUT2D eigenvalue weighted by Gasteiger charge is 2.35. The summed E-state index contributed by atoms with van der Waals surface area (Å²) in [4.78, 5) is 2.26. The van der Waals surface area contributed by atoms with E-state index in [9.17, 15) is 8.42 Å². The average molecular weight is 420 g/mol. The molecule has 3 rings (SSSR count).